The van der Waals surface area contributed by atoms with Crippen molar-refractivity contribution < 1.29 is 23.9 Å². The number of rotatable bonds is 6. The highest BCUT2D eigenvalue weighted by molar-refractivity contribution is 6.03. The number of ether oxygens (including phenoxy) is 2. The van der Waals surface area contributed by atoms with E-state index in [1.807, 2.05) is 13.8 Å². The Morgan fingerprint density at radius 1 is 1.00 bits per heavy atom. The monoisotopic (exact) mass is 421 g/mol. The Labute approximate surface area is 179 Å². The molecule has 0 aliphatic carbocycles. The molecule has 1 aromatic heterocycles. The van der Waals surface area contributed by atoms with Crippen LogP contribution in [0.5, 0.6) is 0 Å². The fraction of sp³-hybridized carbons (Fsp3) is 0.217. The molecule has 0 radical (unpaired) electrons. The summed E-state index contributed by atoms with van der Waals surface area (Å²) in [7, 11) is 1.25. The summed E-state index contributed by atoms with van der Waals surface area (Å²) in [4.78, 5) is 44.4. The van der Waals surface area contributed by atoms with Crippen molar-refractivity contribution in [2.75, 3.05) is 12.4 Å². The number of imidazole rings is 1. The van der Waals surface area contributed by atoms with E-state index in [4.69, 9.17) is 9.47 Å². The number of para-hydroxylation sites is 1. The zero-order valence-electron chi connectivity index (χ0n) is 17.7. The summed E-state index contributed by atoms with van der Waals surface area (Å²) in [6.45, 7) is 5.31. The molecule has 2 N–H and O–H groups in total. The minimum atomic E-state index is -1.08. The first kappa shape index (κ1) is 21.8. The summed E-state index contributed by atoms with van der Waals surface area (Å²) >= 11 is 0. The molecule has 1 atom stereocenters. The van der Waals surface area contributed by atoms with Crippen LogP contribution in [-0.2, 0) is 14.3 Å². The van der Waals surface area contributed by atoms with Crippen molar-refractivity contribution in [3.05, 3.63) is 71.0 Å². The smallest absolute Gasteiger partial charge is 0.339 e. The van der Waals surface area contributed by atoms with E-state index in [0.29, 0.717) is 11.4 Å². The molecule has 0 fully saturated rings. The average Bonchev–Trinajstić information content (AvgIpc) is 3.11. The number of methoxy groups -OCH3 is 1. The van der Waals surface area contributed by atoms with Crippen molar-refractivity contribution >= 4 is 23.5 Å². The van der Waals surface area contributed by atoms with Crippen LogP contribution in [0.3, 0.4) is 0 Å². The molecule has 3 rings (SSSR count). The second-order valence-corrected chi connectivity index (χ2v) is 6.95. The van der Waals surface area contributed by atoms with E-state index in [1.54, 1.807) is 42.5 Å². The molecule has 0 saturated heterocycles. The second kappa shape index (κ2) is 9.25. The Kier molecular flexibility index (Phi) is 6.49. The van der Waals surface area contributed by atoms with Gasteiger partial charge in [0.1, 0.15) is 5.82 Å². The fourth-order valence-electron chi connectivity index (χ4n) is 2.85. The third-order valence-corrected chi connectivity index (χ3v) is 4.77. The van der Waals surface area contributed by atoms with Gasteiger partial charge in [0.05, 0.1) is 29.6 Å². The Morgan fingerprint density at radius 2 is 1.68 bits per heavy atom. The lowest BCUT2D eigenvalue weighted by Crippen LogP contribution is -2.30. The van der Waals surface area contributed by atoms with Crippen molar-refractivity contribution in [1.29, 1.82) is 0 Å². The molecule has 8 heteroatoms. The largest absolute Gasteiger partial charge is 0.465 e. The first-order valence-corrected chi connectivity index (χ1v) is 9.63. The number of nitrogens with one attached hydrogen (secondary N) is 2. The molecule has 1 amide bonds. The molecule has 0 saturated carbocycles. The van der Waals surface area contributed by atoms with E-state index < -0.39 is 23.9 Å². The maximum absolute atomic E-state index is 12.5. The van der Waals surface area contributed by atoms with Gasteiger partial charge in [-0.05, 0) is 45.0 Å². The lowest BCUT2D eigenvalue weighted by atomic mass is 10.1. The van der Waals surface area contributed by atoms with Crippen LogP contribution >= 0.6 is 0 Å². The maximum Gasteiger partial charge on any atom is 0.339 e. The molecular weight excluding hydrogens is 398 g/mol. The number of carbonyl (C=O) groups is 3. The minimum absolute atomic E-state index is 0.205. The molecular formula is C23H23N3O5. The number of hydrogen-bond acceptors (Lipinski definition) is 6. The van der Waals surface area contributed by atoms with Crippen LogP contribution in [0.15, 0.2) is 48.5 Å². The van der Waals surface area contributed by atoms with Crippen molar-refractivity contribution in [2.24, 2.45) is 0 Å². The average molecular weight is 421 g/mol. The predicted molar refractivity (Wildman–Crippen MR) is 115 cm³/mol. The number of amides is 1. The highest BCUT2D eigenvalue weighted by Crippen LogP contribution is 2.20. The molecule has 8 nitrogen and oxygen atoms in total. The lowest BCUT2D eigenvalue weighted by molar-refractivity contribution is -0.123. The first-order valence-electron chi connectivity index (χ1n) is 9.63. The van der Waals surface area contributed by atoms with Gasteiger partial charge in [-0.25, -0.2) is 14.6 Å². The molecule has 0 bridgehead atoms. The summed E-state index contributed by atoms with van der Waals surface area (Å²) in [5.74, 6) is -1.07. The van der Waals surface area contributed by atoms with Crippen LogP contribution < -0.4 is 5.32 Å². The zero-order chi connectivity index (χ0) is 22.5. The first-order chi connectivity index (χ1) is 14.8. The number of esters is 2. The lowest BCUT2D eigenvalue weighted by Gasteiger charge is -2.15. The number of benzene rings is 2. The number of H-pyrrole nitrogens is 1. The molecule has 31 heavy (non-hydrogen) atoms. The van der Waals surface area contributed by atoms with E-state index >= 15 is 0 Å². The van der Waals surface area contributed by atoms with Gasteiger partial charge in [0.2, 0.25) is 0 Å². The number of aromatic nitrogens is 2. The van der Waals surface area contributed by atoms with E-state index in [1.165, 1.54) is 20.1 Å². The van der Waals surface area contributed by atoms with Gasteiger partial charge in [0.15, 0.2) is 6.10 Å². The maximum atomic E-state index is 12.5. The van der Waals surface area contributed by atoms with Crippen molar-refractivity contribution in [1.82, 2.24) is 9.97 Å². The molecule has 0 aliphatic heterocycles. The van der Waals surface area contributed by atoms with Crippen LogP contribution in [0, 0.1) is 13.8 Å². The second-order valence-electron chi connectivity index (χ2n) is 6.95. The van der Waals surface area contributed by atoms with E-state index in [2.05, 4.69) is 15.3 Å². The number of anilines is 1. The van der Waals surface area contributed by atoms with Gasteiger partial charge in [-0.1, -0.05) is 24.3 Å². The van der Waals surface area contributed by atoms with Gasteiger partial charge < -0.3 is 19.8 Å². The van der Waals surface area contributed by atoms with Crippen LogP contribution in [0.4, 0.5) is 5.69 Å². The van der Waals surface area contributed by atoms with Gasteiger partial charge in [-0.15, -0.1) is 0 Å². The molecule has 160 valence electrons. The molecule has 1 unspecified atom stereocenters. The standard InChI is InChI=1S/C23H23N3O5/c1-13-14(2)25-20(24-13)16-9-11-17(12-10-16)22(28)31-15(3)21(27)26-19-8-6-5-7-18(19)23(29)30-4/h5-12,15H,1-4H3,(H,24,25)(H,26,27). The number of nitrogens with zero attached hydrogens (tertiary/aromatic N) is 1. The van der Waals surface area contributed by atoms with Crippen molar-refractivity contribution in [2.45, 2.75) is 26.9 Å². The molecule has 1 heterocycles. The van der Waals surface area contributed by atoms with E-state index in [9.17, 15) is 14.4 Å². The van der Waals surface area contributed by atoms with Gasteiger partial charge in [-0.3, -0.25) is 4.79 Å². The van der Waals surface area contributed by atoms with Crippen LogP contribution in [0.1, 0.15) is 39.0 Å². The number of carbonyl (C=O) groups excluding carboxylic acids is 3. The van der Waals surface area contributed by atoms with Gasteiger partial charge >= 0.3 is 11.9 Å². The Hall–Kier alpha value is -3.94. The minimum Gasteiger partial charge on any atom is -0.465 e. The third-order valence-electron chi connectivity index (χ3n) is 4.77. The van der Waals surface area contributed by atoms with E-state index in [0.717, 1.165) is 17.0 Å². The number of aryl methyl sites for hydroxylation is 2. The van der Waals surface area contributed by atoms with Gasteiger partial charge in [0.25, 0.3) is 5.91 Å². The summed E-state index contributed by atoms with van der Waals surface area (Å²) in [5.41, 5.74) is 3.50. The number of aromatic amines is 1. The van der Waals surface area contributed by atoms with Crippen LogP contribution in [-0.4, -0.2) is 41.0 Å². The summed E-state index contributed by atoms with van der Waals surface area (Å²) in [5, 5.41) is 2.59. The Morgan fingerprint density at radius 3 is 2.29 bits per heavy atom. The van der Waals surface area contributed by atoms with E-state index in [-0.39, 0.29) is 11.3 Å². The summed E-state index contributed by atoms with van der Waals surface area (Å²) < 4.78 is 9.98. The number of hydrogen-bond donors (Lipinski definition) is 2. The summed E-state index contributed by atoms with van der Waals surface area (Å²) in [6, 6.07) is 13.2. The predicted octanol–water partition coefficient (Wildman–Crippen LogP) is 3.66. The molecule has 0 spiro atoms. The quantitative estimate of drug-likeness (QED) is 0.588. The summed E-state index contributed by atoms with van der Waals surface area (Å²) in [6.07, 6.45) is -1.08. The Balaban J connectivity index is 1.65. The molecule has 0 aliphatic rings. The SMILES string of the molecule is COC(=O)c1ccccc1NC(=O)C(C)OC(=O)c1ccc(-c2nc(C)c(C)[nH]2)cc1. The van der Waals surface area contributed by atoms with Crippen LogP contribution in [0.25, 0.3) is 11.4 Å². The highest BCUT2D eigenvalue weighted by Gasteiger charge is 2.21. The van der Waals surface area contributed by atoms with Crippen molar-refractivity contribution in [3.63, 3.8) is 0 Å². The Bertz CT molecular complexity index is 1100. The molecule has 2 aromatic carbocycles. The highest BCUT2D eigenvalue weighted by atomic mass is 16.5. The topological polar surface area (TPSA) is 110 Å². The fourth-order valence-corrected chi connectivity index (χ4v) is 2.85. The van der Waals surface area contributed by atoms with Gasteiger partial charge in [-0.2, -0.15) is 0 Å². The third kappa shape index (κ3) is 4.98. The van der Waals surface area contributed by atoms with Gasteiger partial charge in [0, 0.05) is 11.3 Å². The van der Waals surface area contributed by atoms with Crippen molar-refractivity contribution in [3.8, 4) is 11.4 Å². The van der Waals surface area contributed by atoms with Crippen LogP contribution in [0.2, 0.25) is 0 Å². The normalized spacial score (nSPS) is 11.5. The zero-order valence-corrected chi connectivity index (χ0v) is 17.7. The molecule has 3 aromatic rings.